The normalized spacial score (nSPS) is 19.1. The molecule has 0 bridgehead atoms. The number of rotatable bonds is 5. The van der Waals surface area contributed by atoms with E-state index in [1.807, 2.05) is 44.2 Å². The average molecular weight is 397 g/mol. The standard InChI is InChI=1S/C23H28FN3O2/c1-16(2)26-23(29)27-14-19(18-8-4-3-5-9-18)12-20(15-27)22(28)25-13-17-7-6-10-21(24)11-17/h3-11,16,19-20H,12-15H2,1-2H3,(H,25,28)(H,26,29). The van der Waals surface area contributed by atoms with E-state index >= 15 is 0 Å². The van der Waals surface area contributed by atoms with Crippen LogP contribution in [-0.2, 0) is 11.3 Å². The second-order valence-corrected chi connectivity index (χ2v) is 7.90. The van der Waals surface area contributed by atoms with Gasteiger partial charge in [-0.15, -0.1) is 0 Å². The van der Waals surface area contributed by atoms with Gasteiger partial charge in [0.1, 0.15) is 5.82 Å². The third kappa shape index (κ3) is 5.79. The van der Waals surface area contributed by atoms with Crippen LogP contribution in [0, 0.1) is 11.7 Å². The van der Waals surface area contributed by atoms with Gasteiger partial charge in [0, 0.05) is 31.6 Å². The van der Waals surface area contributed by atoms with Crippen LogP contribution in [0.15, 0.2) is 54.6 Å². The Morgan fingerprint density at radius 2 is 1.86 bits per heavy atom. The van der Waals surface area contributed by atoms with E-state index in [4.69, 9.17) is 0 Å². The predicted octanol–water partition coefficient (Wildman–Crippen LogP) is 3.67. The first-order valence-electron chi connectivity index (χ1n) is 10.0. The molecule has 29 heavy (non-hydrogen) atoms. The fourth-order valence-electron chi connectivity index (χ4n) is 3.74. The zero-order valence-corrected chi connectivity index (χ0v) is 16.9. The summed E-state index contributed by atoms with van der Waals surface area (Å²) in [6.45, 7) is 5.05. The van der Waals surface area contributed by atoms with Gasteiger partial charge in [0.25, 0.3) is 0 Å². The van der Waals surface area contributed by atoms with Crippen LogP contribution in [0.2, 0.25) is 0 Å². The fourth-order valence-corrected chi connectivity index (χ4v) is 3.74. The highest BCUT2D eigenvalue weighted by atomic mass is 19.1. The molecule has 154 valence electrons. The first kappa shape index (κ1) is 20.8. The van der Waals surface area contributed by atoms with Gasteiger partial charge in [0.15, 0.2) is 0 Å². The maximum atomic E-state index is 13.4. The van der Waals surface area contributed by atoms with Crippen LogP contribution in [0.4, 0.5) is 9.18 Å². The average Bonchev–Trinajstić information content (AvgIpc) is 2.72. The monoisotopic (exact) mass is 397 g/mol. The predicted molar refractivity (Wildman–Crippen MR) is 111 cm³/mol. The number of urea groups is 1. The molecule has 1 heterocycles. The van der Waals surface area contributed by atoms with Gasteiger partial charge < -0.3 is 15.5 Å². The number of nitrogens with one attached hydrogen (secondary N) is 2. The van der Waals surface area contributed by atoms with Crippen molar-refractivity contribution in [2.75, 3.05) is 13.1 Å². The van der Waals surface area contributed by atoms with E-state index in [2.05, 4.69) is 10.6 Å². The van der Waals surface area contributed by atoms with Crippen LogP contribution in [0.3, 0.4) is 0 Å². The maximum absolute atomic E-state index is 13.4. The molecule has 2 aromatic carbocycles. The molecule has 2 N–H and O–H groups in total. The highest BCUT2D eigenvalue weighted by molar-refractivity contribution is 5.81. The molecular weight excluding hydrogens is 369 g/mol. The van der Waals surface area contributed by atoms with Crippen molar-refractivity contribution in [2.24, 2.45) is 5.92 Å². The molecule has 5 nitrogen and oxygen atoms in total. The minimum atomic E-state index is -0.324. The summed E-state index contributed by atoms with van der Waals surface area (Å²) < 4.78 is 13.4. The number of piperidine rings is 1. The molecule has 0 aromatic heterocycles. The molecule has 1 aliphatic rings. The Morgan fingerprint density at radius 3 is 2.55 bits per heavy atom. The van der Waals surface area contributed by atoms with Crippen molar-refractivity contribution in [3.05, 3.63) is 71.5 Å². The Bertz CT molecular complexity index is 841. The van der Waals surface area contributed by atoms with Gasteiger partial charge in [-0.05, 0) is 43.5 Å². The number of nitrogens with zero attached hydrogens (tertiary/aromatic N) is 1. The molecule has 0 saturated carbocycles. The molecule has 3 rings (SSSR count). The smallest absolute Gasteiger partial charge is 0.317 e. The number of amides is 3. The molecule has 0 aliphatic carbocycles. The molecule has 1 aliphatic heterocycles. The summed E-state index contributed by atoms with van der Waals surface area (Å²) in [7, 11) is 0. The Kier molecular flexibility index (Phi) is 6.86. The first-order chi connectivity index (χ1) is 13.9. The lowest BCUT2D eigenvalue weighted by Gasteiger charge is -2.37. The molecule has 3 amide bonds. The molecule has 1 saturated heterocycles. The van der Waals surface area contributed by atoms with E-state index in [9.17, 15) is 14.0 Å². The maximum Gasteiger partial charge on any atom is 0.317 e. The minimum absolute atomic E-state index is 0.0276. The molecule has 0 spiro atoms. The number of halogens is 1. The summed E-state index contributed by atoms with van der Waals surface area (Å²) in [5.41, 5.74) is 1.83. The summed E-state index contributed by atoms with van der Waals surface area (Å²) in [6.07, 6.45) is 0.671. The van der Waals surface area contributed by atoms with Gasteiger partial charge in [-0.25, -0.2) is 9.18 Å². The number of carbonyl (C=O) groups is 2. The third-order valence-corrected chi connectivity index (χ3v) is 5.15. The number of benzene rings is 2. The number of hydrogen-bond acceptors (Lipinski definition) is 2. The van der Waals surface area contributed by atoms with Crippen molar-refractivity contribution in [3.63, 3.8) is 0 Å². The Balaban J connectivity index is 1.71. The Hall–Kier alpha value is -2.89. The van der Waals surface area contributed by atoms with Crippen molar-refractivity contribution in [2.45, 2.75) is 38.8 Å². The zero-order valence-electron chi connectivity index (χ0n) is 16.9. The van der Waals surface area contributed by atoms with Crippen LogP contribution in [-0.4, -0.2) is 36.0 Å². The summed E-state index contributed by atoms with van der Waals surface area (Å²) in [5.74, 6) is -0.666. The second kappa shape index (κ2) is 9.54. The van der Waals surface area contributed by atoms with E-state index in [0.717, 1.165) is 5.56 Å². The highest BCUT2D eigenvalue weighted by Gasteiger charge is 2.34. The van der Waals surface area contributed by atoms with Crippen LogP contribution in [0.1, 0.15) is 37.3 Å². The molecule has 2 aromatic rings. The van der Waals surface area contributed by atoms with Crippen LogP contribution in [0.5, 0.6) is 0 Å². The SMILES string of the molecule is CC(C)NC(=O)N1CC(C(=O)NCc2cccc(F)c2)CC(c2ccccc2)C1. The Morgan fingerprint density at radius 1 is 1.10 bits per heavy atom. The van der Waals surface area contributed by atoms with E-state index in [1.54, 1.807) is 17.0 Å². The lowest BCUT2D eigenvalue weighted by atomic mass is 9.84. The summed E-state index contributed by atoms with van der Waals surface area (Å²) >= 11 is 0. The van der Waals surface area contributed by atoms with E-state index < -0.39 is 0 Å². The van der Waals surface area contributed by atoms with Gasteiger partial charge in [-0.1, -0.05) is 42.5 Å². The quantitative estimate of drug-likeness (QED) is 0.809. The molecule has 2 atom stereocenters. The highest BCUT2D eigenvalue weighted by Crippen LogP contribution is 2.30. The van der Waals surface area contributed by atoms with Crippen LogP contribution < -0.4 is 10.6 Å². The second-order valence-electron chi connectivity index (χ2n) is 7.90. The number of carbonyl (C=O) groups excluding carboxylic acids is 2. The Labute approximate surface area is 171 Å². The fraction of sp³-hybridized carbons (Fsp3) is 0.391. The van der Waals surface area contributed by atoms with Crippen molar-refractivity contribution in [3.8, 4) is 0 Å². The van der Waals surface area contributed by atoms with Gasteiger partial charge in [-0.3, -0.25) is 4.79 Å². The van der Waals surface area contributed by atoms with Crippen molar-refractivity contribution < 1.29 is 14.0 Å². The van der Waals surface area contributed by atoms with Gasteiger partial charge in [0.2, 0.25) is 5.91 Å². The lowest BCUT2D eigenvalue weighted by Crippen LogP contribution is -2.52. The molecular formula is C23H28FN3O2. The van der Waals surface area contributed by atoms with Gasteiger partial charge in [-0.2, -0.15) is 0 Å². The zero-order chi connectivity index (χ0) is 20.8. The van der Waals surface area contributed by atoms with Crippen molar-refractivity contribution in [1.82, 2.24) is 15.5 Å². The van der Waals surface area contributed by atoms with E-state index in [0.29, 0.717) is 25.1 Å². The molecule has 1 fully saturated rings. The third-order valence-electron chi connectivity index (χ3n) is 5.15. The first-order valence-corrected chi connectivity index (χ1v) is 10.0. The van der Waals surface area contributed by atoms with Crippen LogP contribution >= 0.6 is 0 Å². The molecule has 6 heteroatoms. The summed E-state index contributed by atoms with van der Waals surface area (Å²) in [4.78, 5) is 27.2. The van der Waals surface area contributed by atoms with Crippen molar-refractivity contribution in [1.29, 1.82) is 0 Å². The largest absolute Gasteiger partial charge is 0.352 e. The summed E-state index contributed by atoms with van der Waals surface area (Å²) in [5, 5.41) is 5.83. The summed E-state index contributed by atoms with van der Waals surface area (Å²) in [6, 6.07) is 16.1. The molecule has 2 unspecified atom stereocenters. The minimum Gasteiger partial charge on any atom is -0.352 e. The number of likely N-dealkylation sites (tertiary alicyclic amines) is 1. The van der Waals surface area contributed by atoms with Gasteiger partial charge in [0.05, 0.1) is 5.92 Å². The lowest BCUT2D eigenvalue weighted by molar-refractivity contribution is -0.126. The molecule has 0 radical (unpaired) electrons. The van der Waals surface area contributed by atoms with E-state index in [-0.39, 0.29) is 42.2 Å². The van der Waals surface area contributed by atoms with Gasteiger partial charge >= 0.3 is 6.03 Å². The number of hydrogen-bond donors (Lipinski definition) is 2. The van der Waals surface area contributed by atoms with Crippen LogP contribution in [0.25, 0.3) is 0 Å². The topological polar surface area (TPSA) is 61.4 Å². The van der Waals surface area contributed by atoms with Crippen molar-refractivity contribution >= 4 is 11.9 Å². The van der Waals surface area contributed by atoms with E-state index in [1.165, 1.54) is 12.1 Å².